The van der Waals surface area contributed by atoms with Gasteiger partial charge in [0.25, 0.3) is 0 Å². The number of halogens is 1. The summed E-state index contributed by atoms with van der Waals surface area (Å²) in [5.74, 6) is 1.15. The highest BCUT2D eigenvalue weighted by Gasteiger charge is 2.10. The van der Waals surface area contributed by atoms with E-state index in [-0.39, 0.29) is 0 Å². The zero-order chi connectivity index (χ0) is 13.8. The summed E-state index contributed by atoms with van der Waals surface area (Å²) in [6.07, 6.45) is 2.06. The molecule has 1 heterocycles. The molecule has 2 aromatic rings. The summed E-state index contributed by atoms with van der Waals surface area (Å²) < 4.78 is 2.31. The van der Waals surface area contributed by atoms with E-state index in [4.69, 9.17) is 16.6 Å². The van der Waals surface area contributed by atoms with Gasteiger partial charge in [-0.15, -0.1) is 0 Å². The molecule has 4 heteroatoms. The lowest BCUT2D eigenvalue weighted by atomic mass is 10.3. The molecule has 0 bridgehead atoms. The van der Waals surface area contributed by atoms with E-state index in [1.807, 2.05) is 12.1 Å². The van der Waals surface area contributed by atoms with Gasteiger partial charge in [-0.25, -0.2) is 4.98 Å². The molecule has 2 rings (SSSR count). The van der Waals surface area contributed by atoms with Crippen LogP contribution in [0, 0.1) is 0 Å². The van der Waals surface area contributed by atoms with Crippen LogP contribution in [0.2, 0.25) is 5.02 Å². The zero-order valence-electron chi connectivity index (χ0n) is 11.9. The highest BCUT2D eigenvalue weighted by Crippen LogP contribution is 2.21. The molecule has 0 aliphatic carbocycles. The number of fused-ring (bicyclic) bond motifs is 1. The Labute approximate surface area is 120 Å². The van der Waals surface area contributed by atoms with Crippen molar-refractivity contribution >= 4 is 22.6 Å². The van der Waals surface area contributed by atoms with Crippen LogP contribution in [-0.4, -0.2) is 22.1 Å². The molecule has 0 spiro atoms. The van der Waals surface area contributed by atoms with Crippen molar-refractivity contribution in [3.63, 3.8) is 0 Å². The van der Waals surface area contributed by atoms with Crippen molar-refractivity contribution in [3.05, 3.63) is 29.0 Å². The van der Waals surface area contributed by atoms with Crippen LogP contribution in [0.3, 0.4) is 0 Å². The van der Waals surface area contributed by atoms with E-state index in [1.54, 1.807) is 0 Å². The Morgan fingerprint density at radius 3 is 2.84 bits per heavy atom. The fraction of sp³-hybridized carbons (Fsp3) is 0.533. The van der Waals surface area contributed by atoms with Gasteiger partial charge in [0, 0.05) is 30.6 Å². The summed E-state index contributed by atoms with van der Waals surface area (Å²) in [7, 11) is 0. The van der Waals surface area contributed by atoms with Crippen molar-refractivity contribution < 1.29 is 0 Å². The fourth-order valence-electron chi connectivity index (χ4n) is 2.29. The Hall–Kier alpha value is -1.06. The van der Waals surface area contributed by atoms with Crippen molar-refractivity contribution in [1.82, 2.24) is 14.9 Å². The number of benzene rings is 1. The third-order valence-corrected chi connectivity index (χ3v) is 3.37. The van der Waals surface area contributed by atoms with Crippen molar-refractivity contribution in [1.29, 1.82) is 0 Å². The Kier molecular flexibility index (Phi) is 4.83. The molecule has 0 fully saturated rings. The summed E-state index contributed by atoms with van der Waals surface area (Å²) in [5.41, 5.74) is 2.19. The first-order valence-corrected chi connectivity index (χ1v) is 7.37. The number of imidazole rings is 1. The van der Waals surface area contributed by atoms with E-state index in [0.717, 1.165) is 42.3 Å². The van der Waals surface area contributed by atoms with Gasteiger partial charge in [0.15, 0.2) is 0 Å². The van der Waals surface area contributed by atoms with Gasteiger partial charge in [0.2, 0.25) is 0 Å². The molecule has 0 saturated carbocycles. The predicted molar refractivity (Wildman–Crippen MR) is 81.9 cm³/mol. The van der Waals surface area contributed by atoms with Crippen molar-refractivity contribution in [2.75, 3.05) is 6.54 Å². The first kappa shape index (κ1) is 14.4. The third-order valence-electron chi connectivity index (χ3n) is 3.14. The number of nitrogens with one attached hydrogen (secondary N) is 1. The zero-order valence-corrected chi connectivity index (χ0v) is 12.7. The number of hydrogen-bond donors (Lipinski definition) is 1. The molecular formula is C15H22ClN3. The maximum absolute atomic E-state index is 6.04. The van der Waals surface area contributed by atoms with Gasteiger partial charge >= 0.3 is 0 Å². The molecule has 0 amide bonds. The van der Waals surface area contributed by atoms with E-state index < -0.39 is 0 Å². The Bertz CT molecular complexity index is 546. The molecule has 3 nitrogen and oxygen atoms in total. The van der Waals surface area contributed by atoms with Crippen molar-refractivity contribution in [2.24, 2.45) is 0 Å². The molecule has 1 aromatic carbocycles. The highest BCUT2D eigenvalue weighted by atomic mass is 35.5. The molecule has 0 unspecified atom stereocenters. The van der Waals surface area contributed by atoms with Gasteiger partial charge in [0.05, 0.1) is 11.0 Å². The summed E-state index contributed by atoms with van der Waals surface area (Å²) in [4.78, 5) is 4.73. The lowest BCUT2D eigenvalue weighted by Crippen LogP contribution is -2.25. The second kappa shape index (κ2) is 6.40. The van der Waals surface area contributed by atoms with Crippen LogP contribution >= 0.6 is 11.6 Å². The monoisotopic (exact) mass is 279 g/mol. The minimum absolute atomic E-state index is 0.512. The van der Waals surface area contributed by atoms with E-state index in [0.29, 0.717) is 6.04 Å². The second-order valence-electron chi connectivity index (χ2n) is 5.17. The summed E-state index contributed by atoms with van der Waals surface area (Å²) >= 11 is 6.04. The largest absolute Gasteiger partial charge is 0.328 e. The third kappa shape index (κ3) is 3.48. The maximum atomic E-state index is 6.04. The highest BCUT2D eigenvalue weighted by molar-refractivity contribution is 6.31. The van der Waals surface area contributed by atoms with Crippen LogP contribution < -0.4 is 5.32 Å². The Morgan fingerprint density at radius 1 is 1.37 bits per heavy atom. The molecule has 1 aromatic heterocycles. The molecule has 0 saturated heterocycles. The smallest absolute Gasteiger partial charge is 0.111 e. The van der Waals surface area contributed by atoms with Crippen LogP contribution in [0.15, 0.2) is 18.2 Å². The van der Waals surface area contributed by atoms with Crippen LogP contribution in [0.25, 0.3) is 11.0 Å². The molecular weight excluding hydrogens is 258 g/mol. The van der Waals surface area contributed by atoms with Crippen LogP contribution in [0.5, 0.6) is 0 Å². The average Bonchev–Trinajstić information content (AvgIpc) is 2.67. The molecule has 0 atom stereocenters. The Balaban J connectivity index is 2.27. The van der Waals surface area contributed by atoms with Crippen LogP contribution in [-0.2, 0) is 13.0 Å². The topological polar surface area (TPSA) is 29.9 Å². The first-order valence-electron chi connectivity index (χ1n) is 7.00. The van der Waals surface area contributed by atoms with E-state index >= 15 is 0 Å². The van der Waals surface area contributed by atoms with Crippen molar-refractivity contribution in [3.8, 4) is 0 Å². The number of aromatic nitrogens is 2. The van der Waals surface area contributed by atoms with Crippen molar-refractivity contribution in [2.45, 2.75) is 46.2 Å². The number of hydrogen-bond acceptors (Lipinski definition) is 2. The minimum Gasteiger partial charge on any atom is -0.328 e. The fourth-order valence-corrected chi connectivity index (χ4v) is 2.46. The quantitative estimate of drug-likeness (QED) is 0.875. The normalized spacial score (nSPS) is 11.6. The van der Waals surface area contributed by atoms with Crippen LogP contribution in [0.4, 0.5) is 0 Å². The van der Waals surface area contributed by atoms with E-state index in [2.05, 4.69) is 36.7 Å². The van der Waals surface area contributed by atoms with Gasteiger partial charge in [-0.3, -0.25) is 0 Å². The SMILES string of the molecule is CCCn1c(CCNC(C)C)nc2cc(Cl)ccc21. The second-order valence-corrected chi connectivity index (χ2v) is 5.61. The molecule has 0 aliphatic rings. The van der Waals surface area contributed by atoms with Gasteiger partial charge in [-0.1, -0.05) is 32.4 Å². The maximum Gasteiger partial charge on any atom is 0.111 e. The van der Waals surface area contributed by atoms with E-state index in [9.17, 15) is 0 Å². The summed E-state index contributed by atoms with van der Waals surface area (Å²) in [6, 6.07) is 6.47. The Morgan fingerprint density at radius 2 is 2.16 bits per heavy atom. The lowest BCUT2D eigenvalue weighted by Gasteiger charge is -2.10. The van der Waals surface area contributed by atoms with Gasteiger partial charge in [0.1, 0.15) is 5.82 Å². The van der Waals surface area contributed by atoms with E-state index in [1.165, 1.54) is 5.52 Å². The summed E-state index contributed by atoms with van der Waals surface area (Å²) in [6.45, 7) is 8.48. The number of nitrogens with zero attached hydrogens (tertiary/aromatic N) is 2. The molecule has 19 heavy (non-hydrogen) atoms. The minimum atomic E-state index is 0.512. The molecule has 0 aliphatic heterocycles. The molecule has 104 valence electrons. The average molecular weight is 280 g/mol. The van der Waals surface area contributed by atoms with Gasteiger partial charge in [-0.2, -0.15) is 0 Å². The van der Waals surface area contributed by atoms with Crippen LogP contribution in [0.1, 0.15) is 33.0 Å². The number of aryl methyl sites for hydroxylation is 1. The predicted octanol–water partition coefficient (Wildman–Crippen LogP) is 3.64. The number of rotatable bonds is 6. The van der Waals surface area contributed by atoms with Gasteiger partial charge in [-0.05, 0) is 24.6 Å². The standard InChI is InChI=1S/C15H22ClN3/c1-4-9-19-14-6-5-12(16)10-13(14)18-15(19)7-8-17-11(2)3/h5-6,10-11,17H,4,7-9H2,1-3H3. The van der Waals surface area contributed by atoms with Gasteiger partial charge < -0.3 is 9.88 Å². The molecule has 0 radical (unpaired) electrons. The molecule has 1 N–H and O–H groups in total. The first-order chi connectivity index (χ1) is 9.11. The lowest BCUT2D eigenvalue weighted by molar-refractivity contribution is 0.567. The summed E-state index contributed by atoms with van der Waals surface area (Å²) in [5, 5.41) is 4.19.